The molecule has 0 aliphatic carbocycles. The van der Waals surface area contributed by atoms with Crippen LogP contribution in [0.15, 0.2) is 478 Å². The summed E-state index contributed by atoms with van der Waals surface area (Å²) in [5.74, 6) is 0. The van der Waals surface area contributed by atoms with Crippen molar-refractivity contribution in [1.82, 2.24) is 0 Å². The van der Waals surface area contributed by atoms with Crippen LogP contribution in [0, 0.1) is 0 Å². The minimum Gasteiger partial charge on any atom is -0.356 e. The molecule has 0 unspecified atom stereocenters. The summed E-state index contributed by atoms with van der Waals surface area (Å²) < 4.78 is 1.11. The number of rotatable bonds is 17. The van der Waals surface area contributed by atoms with E-state index in [2.05, 4.69) is 481 Å². The molecule has 0 amide bonds. The Kier molecular flexibility index (Phi) is 22.3. The molecule has 2 nitrogen and oxygen atoms in total. The molecule has 528 valence electrons. The third-order valence-electron chi connectivity index (χ3n) is 20.2. The van der Waals surface area contributed by atoms with Crippen LogP contribution in [0.4, 0.5) is 28.4 Å². The summed E-state index contributed by atoms with van der Waals surface area (Å²) >= 11 is 3.46. The molecule has 18 rings (SSSR count). The highest BCUT2D eigenvalue weighted by molar-refractivity contribution is 9.10. The first-order valence-electron chi connectivity index (χ1n) is 37.7. The highest BCUT2D eigenvalue weighted by Gasteiger charge is 2.16. The topological polar surface area (TPSA) is 15.3 Å². The fourth-order valence-corrected chi connectivity index (χ4v) is 14.3. The van der Waals surface area contributed by atoms with Crippen LogP contribution in [0.2, 0.25) is 0 Å². The normalized spacial score (nSPS) is 10.7. The van der Waals surface area contributed by atoms with Gasteiger partial charge in [0.2, 0.25) is 0 Å². The average Bonchev–Trinajstić information content (AvgIpc) is 0.802. The van der Waals surface area contributed by atoms with Crippen molar-refractivity contribution in [3.63, 3.8) is 0 Å². The van der Waals surface area contributed by atoms with Gasteiger partial charge in [-0.2, -0.15) is 0 Å². The molecule has 0 atom stereocenters. The van der Waals surface area contributed by atoms with Crippen molar-refractivity contribution in [3.05, 3.63) is 478 Å². The summed E-state index contributed by atoms with van der Waals surface area (Å²) in [7, 11) is 0. The predicted molar refractivity (Wildman–Crippen MR) is 477 cm³/mol. The van der Waals surface area contributed by atoms with Gasteiger partial charge in [-0.25, -0.2) is 0 Å². The molecule has 0 spiro atoms. The van der Waals surface area contributed by atoms with Crippen LogP contribution in [0.5, 0.6) is 0 Å². The van der Waals surface area contributed by atoms with Gasteiger partial charge in [-0.15, -0.1) is 0 Å². The molecule has 0 aliphatic rings. The van der Waals surface area contributed by atoms with Gasteiger partial charge in [0.1, 0.15) is 0 Å². The molecule has 0 saturated heterocycles. The van der Waals surface area contributed by atoms with Crippen LogP contribution in [-0.4, -0.2) is 0 Å². The summed E-state index contributed by atoms with van der Waals surface area (Å²) in [6, 6.07) is 168. The lowest BCUT2D eigenvalue weighted by Gasteiger charge is -2.26. The molecule has 0 fully saturated rings. The van der Waals surface area contributed by atoms with E-state index in [1.165, 1.54) is 134 Å². The number of halogens is 1. The second-order valence-electron chi connectivity index (χ2n) is 27.4. The van der Waals surface area contributed by atoms with Crippen molar-refractivity contribution in [1.29, 1.82) is 0 Å². The molecule has 18 aromatic rings. The van der Waals surface area contributed by atoms with Gasteiger partial charge in [-0.1, -0.05) is 416 Å². The molecule has 111 heavy (non-hydrogen) atoms. The lowest BCUT2D eigenvalue weighted by atomic mass is 9.99. The zero-order valence-corrected chi connectivity index (χ0v) is 62.9. The van der Waals surface area contributed by atoms with Crippen molar-refractivity contribution < 1.29 is 0 Å². The standard InChI is InChI=1S/C54H39N.C36H27N.C18H13Br/c1-4-10-40(11-5-1)43-16-22-46(23-17-43)49-28-34-52(35-29-49)55(53-36-30-50(31-37-53)47-24-18-44(19-25-47)41-12-6-2-7-13-41)54-38-32-51(33-39-54)48-26-20-45(21-27-48)42-14-8-3-9-15-42;1-3-7-27(8-4-1)29-11-15-31(16-12-29)33-19-23-35(24-20-33)37-36-25-21-34(22-26-36)32-17-13-30(14-18-32)28-9-5-2-6-10-28;19-18-12-10-17(11-13-18)16-8-6-15(7-9-16)14-4-2-1-3-5-14/h1-39H;1-26,37H;1-13H. The molecular formula is C108H79BrN2. The summed E-state index contributed by atoms with van der Waals surface area (Å²) in [5, 5.41) is 3.52. The van der Waals surface area contributed by atoms with Gasteiger partial charge >= 0.3 is 0 Å². The molecule has 0 saturated carbocycles. The zero-order chi connectivity index (χ0) is 74.8. The van der Waals surface area contributed by atoms with Crippen molar-refractivity contribution >= 4 is 44.4 Å². The second-order valence-corrected chi connectivity index (χ2v) is 28.3. The van der Waals surface area contributed by atoms with E-state index in [1.807, 2.05) is 18.2 Å². The quantitative estimate of drug-likeness (QED) is 0.0977. The molecule has 18 aromatic carbocycles. The predicted octanol–water partition coefficient (Wildman–Crippen LogP) is 31.0. The minimum atomic E-state index is 1.07. The van der Waals surface area contributed by atoms with Gasteiger partial charge < -0.3 is 10.2 Å². The third-order valence-corrected chi connectivity index (χ3v) is 20.8. The number of nitrogens with one attached hydrogen (secondary N) is 1. The largest absolute Gasteiger partial charge is 0.356 e. The summed E-state index contributed by atoms with van der Waals surface area (Å²) in [6.45, 7) is 0. The third kappa shape index (κ3) is 17.9. The first kappa shape index (κ1) is 71.3. The number of hydrogen-bond donors (Lipinski definition) is 1. The average molecular weight is 1480 g/mol. The molecule has 1 N–H and O–H groups in total. The van der Waals surface area contributed by atoms with Gasteiger partial charge in [0, 0.05) is 32.9 Å². The van der Waals surface area contributed by atoms with Crippen LogP contribution in [0.3, 0.4) is 0 Å². The summed E-state index contributed by atoms with van der Waals surface area (Å²) in [5.41, 5.74) is 34.7. The van der Waals surface area contributed by atoms with Crippen LogP contribution in [0.1, 0.15) is 0 Å². The monoisotopic (exact) mass is 1480 g/mol. The first-order valence-corrected chi connectivity index (χ1v) is 38.5. The van der Waals surface area contributed by atoms with E-state index in [4.69, 9.17) is 0 Å². The minimum absolute atomic E-state index is 1.07. The SMILES string of the molecule is Brc1ccc(-c2ccc(-c3ccccc3)cc2)cc1.c1ccc(-c2ccc(-c3ccc(N(c4ccc(-c5ccc(-c6ccccc6)cc5)cc4)c4ccc(-c5ccc(-c6ccccc6)cc5)cc4)cc3)cc2)cc1.c1ccc(-c2ccc(-c3ccc(Nc4ccc(-c5ccc(-c6ccccc6)cc5)cc4)cc3)cc2)cc1. The number of nitrogens with zero attached hydrogens (tertiary/aromatic N) is 1. The summed E-state index contributed by atoms with van der Waals surface area (Å²) in [4.78, 5) is 2.34. The Hall–Kier alpha value is -14.0. The molecule has 0 bridgehead atoms. The Bertz CT molecular complexity index is 5490. The van der Waals surface area contributed by atoms with E-state index in [0.29, 0.717) is 0 Å². The molecular weight excluding hydrogens is 1410 g/mol. The van der Waals surface area contributed by atoms with E-state index >= 15 is 0 Å². The van der Waals surface area contributed by atoms with Gasteiger partial charge in [0.05, 0.1) is 0 Å². The van der Waals surface area contributed by atoms with Gasteiger partial charge in [-0.05, 0) is 206 Å². The number of anilines is 5. The fraction of sp³-hybridized carbons (Fsp3) is 0. The molecule has 0 aliphatic heterocycles. The van der Waals surface area contributed by atoms with Gasteiger partial charge in [-0.3, -0.25) is 0 Å². The molecule has 0 aromatic heterocycles. The van der Waals surface area contributed by atoms with E-state index in [-0.39, 0.29) is 0 Å². The smallest absolute Gasteiger partial charge is 0.0462 e. The maximum absolute atomic E-state index is 3.52. The van der Waals surface area contributed by atoms with Crippen molar-refractivity contribution in [2.24, 2.45) is 0 Å². The lowest BCUT2D eigenvalue weighted by Crippen LogP contribution is -2.09. The highest BCUT2D eigenvalue weighted by Crippen LogP contribution is 2.40. The highest BCUT2D eigenvalue weighted by atomic mass is 79.9. The Morgan fingerprint density at radius 1 is 0.126 bits per heavy atom. The Morgan fingerprint density at radius 3 is 0.396 bits per heavy atom. The van der Waals surface area contributed by atoms with Crippen molar-refractivity contribution in [2.45, 2.75) is 0 Å². The van der Waals surface area contributed by atoms with Crippen molar-refractivity contribution in [3.8, 4) is 134 Å². The Balaban J connectivity index is 0.000000142. The zero-order valence-electron chi connectivity index (χ0n) is 61.4. The van der Waals surface area contributed by atoms with Crippen LogP contribution < -0.4 is 10.2 Å². The Morgan fingerprint density at radius 2 is 0.243 bits per heavy atom. The Labute approximate surface area is 661 Å². The van der Waals surface area contributed by atoms with Crippen LogP contribution in [0.25, 0.3) is 134 Å². The first-order chi connectivity index (χ1) is 54.9. The van der Waals surface area contributed by atoms with E-state index in [1.54, 1.807) is 0 Å². The number of hydrogen-bond acceptors (Lipinski definition) is 2. The molecule has 0 heterocycles. The van der Waals surface area contributed by atoms with Crippen LogP contribution >= 0.6 is 15.9 Å². The maximum Gasteiger partial charge on any atom is 0.0462 e. The van der Waals surface area contributed by atoms with E-state index < -0.39 is 0 Å². The molecule has 0 radical (unpaired) electrons. The maximum atomic E-state index is 3.52. The fourth-order valence-electron chi connectivity index (χ4n) is 14.1. The molecule has 3 heteroatoms. The van der Waals surface area contributed by atoms with Gasteiger partial charge in [0.25, 0.3) is 0 Å². The second kappa shape index (κ2) is 34.7. The summed E-state index contributed by atoms with van der Waals surface area (Å²) in [6.07, 6.45) is 0. The van der Waals surface area contributed by atoms with Crippen LogP contribution in [-0.2, 0) is 0 Å². The van der Waals surface area contributed by atoms with Gasteiger partial charge in [0.15, 0.2) is 0 Å². The van der Waals surface area contributed by atoms with Crippen molar-refractivity contribution in [2.75, 3.05) is 10.2 Å². The van der Waals surface area contributed by atoms with E-state index in [0.717, 1.165) is 32.9 Å². The lowest BCUT2D eigenvalue weighted by molar-refractivity contribution is 1.28. The number of benzene rings is 18. The van der Waals surface area contributed by atoms with E-state index in [9.17, 15) is 0 Å².